The first-order chi connectivity index (χ1) is 7.25. The summed E-state index contributed by atoms with van der Waals surface area (Å²) in [6.45, 7) is 2.08. The summed E-state index contributed by atoms with van der Waals surface area (Å²) < 4.78 is 0.808. The van der Waals surface area contributed by atoms with Gasteiger partial charge >= 0.3 is 0 Å². The fraction of sp³-hybridized carbons (Fsp3) is 0.200. The minimum Gasteiger partial charge on any atom is -0.375 e. The summed E-state index contributed by atoms with van der Waals surface area (Å²) in [4.78, 5) is 9.08. The van der Waals surface area contributed by atoms with E-state index in [1.165, 1.54) is 11.2 Å². The summed E-state index contributed by atoms with van der Waals surface area (Å²) in [6.07, 6.45) is 5.01. The number of anilines is 1. The first-order valence-corrected chi connectivity index (χ1v) is 5.72. The van der Waals surface area contributed by atoms with Gasteiger partial charge in [-0.05, 0) is 19.1 Å². The highest BCUT2D eigenvalue weighted by Gasteiger charge is 2.07. The Hall–Kier alpha value is -1.13. The second-order valence-corrected chi connectivity index (χ2v) is 4.88. The molecular formula is C10H10ClN3S. The lowest BCUT2D eigenvalue weighted by molar-refractivity contribution is 0.902. The van der Waals surface area contributed by atoms with Gasteiger partial charge in [-0.15, -0.1) is 11.3 Å². The molecule has 78 valence electrons. The molecule has 2 aromatic heterocycles. The van der Waals surface area contributed by atoms with Gasteiger partial charge in [-0.2, -0.15) is 0 Å². The third kappa shape index (κ3) is 2.67. The highest BCUT2D eigenvalue weighted by atomic mass is 35.5. The number of halogens is 1. The Bertz CT molecular complexity index is 429. The van der Waals surface area contributed by atoms with Gasteiger partial charge in [0, 0.05) is 4.88 Å². The van der Waals surface area contributed by atoms with Crippen molar-refractivity contribution >= 4 is 28.6 Å². The molecule has 0 aliphatic carbocycles. The maximum Gasteiger partial charge on any atom is 0.115 e. The Kier molecular flexibility index (Phi) is 3.18. The van der Waals surface area contributed by atoms with Gasteiger partial charge in [-0.25, -0.2) is 9.97 Å². The minimum absolute atomic E-state index is 0.216. The van der Waals surface area contributed by atoms with Crippen molar-refractivity contribution in [2.45, 2.75) is 13.0 Å². The van der Waals surface area contributed by atoms with Crippen LogP contribution in [-0.4, -0.2) is 9.97 Å². The number of aromatic nitrogens is 2. The van der Waals surface area contributed by atoms with E-state index in [1.807, 2.05) is 12.1 Å². The molecule has 2 rings (SSSR count). The van der Waals surface area contributed by atoms with E-state index in [9.17, 15) is 0 Å². The maximum atomic E-state index is 5.87. The van der Waals surface area contributed by atoms with Crippen LogP contribution in [0.15, 0.2) is 30.9 Å². The van der Waals surface area contributed by atoms with Gasteiger partial charge in [0.2, 0.25) is 0 Å². The summed E-state index contributed by atoms with van der Waals surface area (Å²) >= 11 is 7.45. The molecule has 1 N–H and O–H groups in total. The van der Waals surface area contributed by atoms with Gasteiger partial charge in [0.05, 0.1) is 28.5 Å². The zero-order valence-corrected chi connectivity index (χ0v) is 9.72. The van der Waals surface area contributed by atoms with Crippen LogP contribution < -0.4 is 5.32 Å². The second-order valence-electron chi connectivity index (χ2n) is 3.14. The third-order valence-electron chi connectivity index (χ3n) is 1.96. The lowest BCUT2D eigenvalue weighted by atomic mass is 10.2. The number of rotatable bonds is 3. The average Bonchev–Trinajstić information content (AvgIpc) is 2.66. The Morgan fingerprint density at radius 3 is 2.67 bits per heavy atom. The normalized spacial score (nSPS) is 12.4. The summed E-state index contributed by atoms with van der Waals surface area (Å²) in [6, 6.07) is 4.14. The topological polar surface area (TPSA) is 37.8 Å². The van der Waals surface area contributed by atoms with E-state index >= 15 is 0 Å². The maximum absolute atomic E-state index is 5.87. The smallest absolute Gasteiger partial charge is 0.115 e. The van der Waals surface area contributed by atoms with Gasteiger partial charge < -0.3 is 5.32 Å². The SMILES string of the molecule is CC(Nc1cncnc1)c1ccc(Cl)s1. The molecular weight excluding hydrogens is 230 g/mol. The van der Waals surface area contributed by atoms with E-state index in [4.69, 9.17) is 11.6 Å². The predicted octanol–water partition coefficient (Wildman–Crippen LogP) is 3.36. The van der Waals surface area contributed by atoms with E-state index in [0.717, 1.165) is 10.0 Å². The molecule has 3 nitrogen and oxygen atoms in total. The first-order valence-electron chi connectivity index (χ1n) is 4.52. The largest absolute Gasteiger partial charge is 0.375 e. The predicted molar refractivity (Wildman–Crippen MR) is 63.4 cm³/mol. The van der Waals surface area contributed by atoms with E-state index in [-0.39, 0.29) is 6.04 Å². The Morgan fingerprint density at radius 2 is 2.07 bits per heavy atom. The van der Waals surface area contributed by atoms with Crippen molar-refractivity contribution in [2.24, 2.45) is 0 Å². The molecule has 0 aromatic carbocycles. The van der Waals surface area contributed by atoms with Gasteiger partial charge in [-0.1, -0.05) is 11.6 Å². The lowest BCUT2D eigenvalue weighted by Gasteiger charge is -2.12. The summed E-state index contributed by atoms with van der Waals surface area (Å²) in [7, 11) is 0. The van der Waals surface area contributed by atoms with E-state index in [0.29, 0.717) is 0 Å². The number of nitrogens with one attached hydrogen (secondary N) is 1. The quantitative estimate of drug-likeness (QED) is 0.893. The molecule has 1 unspecified atom stereocenters. The van der Waals surface area contributed by atoms with Crippen molar-refractivity contribution in [2.75, 3.05) is 5.32 Å². The minimum atomic E-state index is 0.216. The van der Waals surface area contributed by atoms with Crippen LogP contribution in [0.3, 0.4) is 0 Å². The van der Waals surface area contributed by atoms with Crippen LogP contribution >= 0.6 is 22.9 Å². The van der Waals surface area contributed by atoms with Crippen molar-refractivity contribution in [3.63, 3.8) is 0 Å². The molecule has 15 heavy (non-hydrogen) atoms. The number of hydrogen-bond donors (Lipinski definition) is 1. The van der Waals surface area contributed by atoms with E-state index < -0.39 is 0 Å². The number of nitrogens with zero attached hydrogens (tertiary/aromatic N) is 2. The number of hydrogen-bond acceptors (Lipinski definition) is 4. The van der Waals surface area contributed by atoms with Crippen LogP contribution in [0.4, 0.5) is 5.69 Å². The molecule has 1 atom stereocenters. The Labute approximate surface area is 97.2 Å². The lowest BCUT2D eigenvalue weighted by Crippen LogP contribution is -2.05. The molecule has 0 saturated heterocycles. The molecule has 2 aromatic rings. The van der Waals surface area contributed by atoms with Crippen molar-refractivity contribution < 1.29 is 0 Å². The molecule has 0 fully saturated rings. The summed E-state index contributed by atoms with van der Waals surface area (Å²) in [5, 5.41) is 3.30. The zero-order valence-electron chi connectivity index (χ0n) is 8.14. The monoisotopic (exact) mass is 239 g/mol. The average molecular weight is 240 g/mol. The fourth-order valence-corrected chi connectivity index (χ4v) is 2.32. The van der Waals surface area contributed by atoms with Crippen LogP contribution in [0.2, 0.25) is 4.34 Å². The highest BCUT2D eigenvalue weighted by molar-refractivity contribution is 7.16. The molecule has 0 aliphatic heterocycles. The van der Waals surface area contributed by atoms with Crippen LogP contribution in [0.1, 0.15) is 17.8 Å². The van der Waals surface area contributed by atoms with Crippen molar-refractivity contribution in [3.05, 3.63) is 40.1 Å². The second kappa shape index (κ2) is 4.59. The van der Waals surface area contributed by atoms with Gasteiger partial charge in [0.1, 0.15) is 6.33 Å². The molecule has 0 spiro atoms. The van der Waals surface area contributed by atoms with Crippen molar-refractivity contribution in [1.82, 2.24) is 9.97 Å². The highest BCUT2D eigenvalue weighted by Crippen LogP contribution is 2.28. The third-order valence-corrected chi connectivity index (χ3v) is 3.38. The van der Waals surface area contributed by atoms with Crippen LogP contribution in [0.25, 0.3) is 0 Å². The molecule has 0 bridgehead atoms. The molecule has 5 heteroatoms. The van der Waals surface area contributed by atoms with Crippen molar-refractivity contribution in [1.29, 1.82) is 0 Å². The molecule has 0 aliphatic rings. The summed E-state index contributed by atoms with van der Waals surface area (Å²) in [5.74, 6) is 0. The van der Waals surface area contributed by atoms with Crippen LogP contribution in [0, 0.1) is 0 Å². The standard InChI is InChI=1S/C10H10ClN3S/c1-7(9-2-3-10(11)15-9)14-8-4-12-6-13-5-8/h2-7,14H,1H3. The van der Waals surface area contributed by atoms with Gasteiger partial charge in [0.25, 0.3) is 0 Å². The van der Waals surface area contributed by atoms with Gasteiger partial charge in [0.15, 0.2) is 0 Å². The Balaban J connectivity index is 2.07. The number of thiophene rings is 1. The Morgan fingerprint density at radius 1 is 1.33 bits per heavy atom. The molecule has 2 heterocycles. The van der Waals surface area contributed by atoms with E-state index in [2.05, 4.69) is 22.2 Å². The van der Waals surface area contributed by atoms with Crippen LogP contribution in [-0.2, 0) is 0 Å². The van der Waals surface area contributed by atoms with E-state index in [1.54, 1.807) is 23.7 Å². The van der Waals surface area contributed by atoms with Gasteiger partial charge in [-0.3, -0.25) is 0 Å². The van der Waals surface area contributed by atoms with Crippen LogP contribution in [0.5, 0.6) is 0 Å². The zero-order chi connectivity index (χ0) is 10.7. The fourth-order valence-electron chi connectivity index (χ4n) is 1.26. The van der Waals surface area contributed by atoms with Crippen molar-refractivity contribution in [3.8, 4) is 0 Å². The first kappa shape index (κ1) is 10.4. The molecule has 0 amide bonds. The molecule has 0 radical (unpaired) electrons. The summed E-state index contributed by atoms with van der Waals surface area (Å²) in [5.41, 5.74) is 0.912. The molecule has 0 saturated carbocycles.